The molecule has 0 amide bonds. The zero-order valence-corrected chi connectivity index (χ0v) is 32.8. The molecule has 0 saturated carbocycles. The van der Waals surface area contributed by atoms with Gasteiger partial charge in [-0.3, -0.25) is 0 Å². The maximum absolute atomic E-state index is 5.14. The molecule has 1 aliphatic rings. The third-order valence-electron chi connectivity index (χ3n) is 12.3. The maximum atomic E-state index is 5.14. The first-order valence-corrected chi connectivity index (χ1v) is 20.4. The Morgan fingerprint density at radius 3 is 1.82 bits per heavy atom. The molecular formula is C51H40N4S. The Hall–Kier alpha value is -6.17. The van der Waals surface area contributed by atoms with E-state index in [4.69, 9.17) is 15.0 Å². The van der Waals surface area contributed by atoms with Gasteiger partial charge in [-0.15, -0.1) is 11.3 Å². The summed E-state index contributed by atoms with van der Waals surface area (Å²) < 4.78 is 5.01. The van der Waals surface area contributed by atoms with Crippen molar-refractivity contribution in [1.29, 1.82) is 0 Å². The highest BCUT2D eigenvalue weighted by atomic mass is 32.1. The minimum atomic E-state index is 0.125. The van der Waals surface area contributed by atoms with Gasteiger partial charge in [-0.25, -0.2) is 15.0 Å². The van der Waals surface area contributed by atoms with E-state index < -0.39 is 0 Å². The highest BCUT2D eigenvalue weighted by molar-refractivity contribution is 7.25. The second-order valence-electron chi connectivity index (χ2n) is 16.8. The lowest BCUT2D eigenvalue weighted by atomic mass is 9.63. The first kappa shape index (κ1) is 33.2. The van der Waals surface area contributed by atoms with Crippen LogP contribution in [0, 0.1) is 0 Å². The maximum Gasteiger partial charge on any atom is 0.164 e. The lowest BCUT2D eigenvalue weighted by molar-refractivity contribution is 0.332. The van der Waals surface area contributed by atoms with Crippen molar-refractivity contribution in [2.24, 2.45) is 0 Å². The highest BCUT2D eigenvalue weighted by Gasteiger charge is 2.38. The van der Waals surface area contributed by atoms with Crippen LogP contribution in [0.1, 0.15) is 51.7 Å². The molecule has 3 aromatic heterocycles. The van der Waals surface area contributed by atoms with E-state index in [0.29, 0.717) is 17.5 Å². The number of nitrogens with zero attached hydrogens (tertiary/aromatic N) is 4. The molecule has 5 heteroatoms. The summed E-state index contributed by atoms with van der Waals surface area (Å²) in [4.78, 5) is 15.3. The van der Waals surface area contributed by atoms with Gasteiger partial charge in [0.15, 0.2) is 17.5 Å². The summed E-state index contributed by atoms with van der Waals surface area (Å²) in [6.45, 7) is 9.65. The largest absolute Gasteiger partial charge is 0.309 e. The van der Waals surface area contributed by atoms with Crippen LogP contribution in [-0.4, -0.2) is 19.5 Å². The molecule has 0 saturated heterocycles. The highest BCUT2D eigenvalue weighted by Crippen LogP contribution is 2.48. The predicted octanol–water partition coefficient (Wildman–Crippen LogP) is 13.8. The van der Waals surface area contributed by atoms with E-state index in [-0.39, 0.29) is 10.8 Å². The van der Waals surface area contributed by atoms with Crippen LogP contribution in [0.5, 0.6) is 0 Å². The number of para-hydroxylation sites is 1. The summed E-state index contributed by atoms with van der Waals surface area (Å²) in [6.07, 6.45) is 2.39. The van der Waals surface area contributed by atoms with Crippen molar-refractivity contribution in [3.05, 3.63) is 157 Å². The van der Waals surface area contributed by atoms with Crippen molar-refractivity contribution in [3.8, 4) is 39.9 Å². The van der Waals surface area contributed by atoms with Gasteiger partial charge in [0.05, 0.1) is 11.0 Å². The van der Waals surface area contributed by atoms with Gasteiger partial charge in [0.1, 0.15) is 0 Å². The summed E-state index contributed by atoms with van der Waals surface area (Å²) in [7, 11) is 0. The van der Waals surface area contributed by atoms with E-state index in [1.54, 1.807) is 0 Å². The lowest BCUT2D eigenvalue weighted by Gasteiger charge is -2.42. The fourth-order valence-electron chi connectivity index (χ4n) is 9.03. The number of rotatable bonds is 4. The van der Waals surface area contributed by atoms with Crippen LogP contribution in [-0.2, 0) is 10.8 Å². The summed E-state index contributed by atoms with van der Waals surface area (Å²) >= 11 is 1.82. The fourth-order valence-corrected chi connectivity index (χ4v) is 10.1. The van der Waals surface area contributed by atoms with Gasteiger partial charge in [-0.05, 0) is 106 Å². The normalized spacial score (nSPS) is 14.9. The molecule has 0 spiro atoms. The number of hydrogen-bond donors (Lipinski definition) is 0. The van der Waals surface area contributed by atoms with Gasteiger partial charge < -0.3 is 4.57 Å². The molecule has 11 rings (SSSR count). The molecule has 0 bridgehead atoms. The molecule has 1 aliphatic carbocycles. The first-order chi connectivity index (χ1) is 27.2. The summed E-state index contributed by atoms with van der Waals surface area (Å²) in [5.41, 5.74) is 9.81. The van der Waals surface area contributed by atoms with Gasteiger partial charge in [0, 0.05) is 53.3 Å². The molecule has 0 fully saturated rings. The van der Waals surface area contributed by atoms with Crippen LogP contribution in [0.3, 0.4) is 0 Å². The van der Waals surface area contributed by atoms with Crippen LogP contribution >= 0.6 is 11.3 Å². The van der Waals surface area contributed by atoms with Crippen LogP contribution in [0.25, 0.3) is 92.6 Å². The van der Waals surface area contributed by atoms with Crippen molar-refractivity contribution in [2.75, 3.05) is 0 Å². The Morgan fingerprint density at radius 1 is 0.446 bits per heavy atom. The van der Waals surface area contributed by atoms with Gasteiger partial charge in [-0.1, -0.05) is 113 Å². The third-order valence-corrected chi connectivity index (χ3v) is 13.4. The fraction of sp³-hybridized carbons (Fsp3) is 0.157. The van der Waals surface area contributed by atoms with Crippen LogP contribution < -0.4 is 0 Å². The molecule has 0 aliphatic heterocycles. The topological polar surface area (TPSA) is 43.6 Å². The molecule has 0 unspecified atom stereocenters. The lowest BCUT2D eigenvalue weighted by Crippen LogP contribution is -2.33. The minimum absolute atomic E-state index is 0.125. The monoisotopic (exact) mass is 740 g/mol. The molecule has 7 aromatic carbocycles. The van der Waals surface area contributed by atoms with Gasteiger partial charge in [-0.2, -0.15) is 0 Å². The van der Waals surface area contributed by atoms with Gasteiger partial charge in [0.2, 0.25) is 0 Å². The molecule has 270 valence electrons. The quantitative estimate of drug-likeness (QED) is 0.180. The third kappa shape index (κ3) is 5.21. The smallest absolute Gasteiger partial charge is 0.164 e. The number of fused-ring (bicyclic) bond motifs is 8. The first-order valence-electron chi connectivity index (χ1n) is 19.6. The number of hydrogen-bond acceptors (Lipinski definition) is 4. The number of thiophene rings is 1. The van der Waals surface area contributed by atoms with Gasteiger partial charge in [0.25, 0.3) is 0 Å². The van der Waals surface area contributed by atoms with Crippen molar-refractivity contribution < 1.29 is 0 Å². The molecular weight excluding hydrogens is 701 g/mol. The Labute approximate surface area is 330 Å². The molecule has 3 heterocycles. The Morgan fingerprint density at radius 2 is 1.04 bits per heavy atom. The average Bonchev–Trinajstić information content (AvgIpc) is 3.77. The standard InChI is InChI=1S/C51H40N4S/c1-50(2)24-25-51(3,4)42-30-44-39(29-41(42)50)37-14-8-10-16-43(37)55(44)36-22-20-32-26-34(19-18-33(32)27-36)48-52-47(31-12-6-5-7-13-31)53-49(54-48)35-21-23-46-40(28-35)38-15-9-11-17-45(38)56-46/h5-23,26-30H,24-25H2,1-4H3. The van der Waals surface area contributed by atoms with E-state index in [9.17, 15) is 0 Å². The second-order valence-corrected chi connectivity index (χ2v) is 17.8. The summed E-state index contributed by atoms with van der Waals surface area (Å²) in [5, 5.41) is 7.42. The SMILES string of the molecule is CC1(C)CCC(C)(C)c2cc3c(cc21)c1ccccc1n3-c1ccc2cc(-c3nc(-c4ccccc4)nc(-c4ccc5sc6ccccc6c5c4)n3)ccc2c1. The van der Waals surface area contributed by atoms with E-state index in [1.165, 1.54) is 71.3 Å². The zero-order valence-electron chi connectivity index (χ0n) is 32.0. The minimum Gasteiger partial charge on any atom is -0.309 e. The summed E-state index contributed by atoms with van der Waals surface area (Å²) in [6, 6.07) is 52.7. The summed E-state index contributed by atoms with van der Waals surface area (Å²) in [5.74, 6) is 1.99. The number of aromatic nitrogens is 4. The average molecular weight is 741 g/mol. The molecule has 0 atom stereocenters. The molecule has 0 N–H and O–H groups in total. The van der Waals surface area contributed by atoms with E-state index in [1.807, 2.05) is 29.5 Å². The van der Waals surface area contributed by atoms with Crippen LogP contribution in [0.2, 0.25) is 0 Å². The molecule has 10 aromatic rings. The van der Waals surface area contributed by atoms with Crippen molar-refractivity contribution in [1.82, 2.24) is 19.5 Å². The Balaban J connectivity index is 1.05. The van der Waals surface area contributed by atoms with Gasteiger partial charge >= 0.3 is 0 Å². The second kappa shape index (κ2) is 12.2. The van der Waals surface area contributed by atoms with E-state index in [2.05, 4.69) is 160 Å². The Bertz CT molecular complexity index is 3200. The predicted molar refractivity (Wildman–Crippen MR) is 236 cm³/mol. The Kier molecular flexibility index (Phi) is 7.21. The molecule has 0 radical (unpaired) electrons. The van der Waals surface area contributed by atoms with Crippen LogP contribution in [0.4, 0.5) is 0 Å². The van der Waals surface area contributed by atoms with Crippen LogP contribution in [0.15, 0.2) is 146 Å². The zero-order chi connectivity index (χ0) is 37.8. The van der Waals surface area contributed by atoms with E-state index >= 15 is 0 Å². The van der Waals surface area contributed by atoms with Crippen molar-refractivity contribution in [2.45, 2.75) is 51.4 Å². The van der Waals surface area contributed by atoms with Crippen molar-refractivity contribution in [3.63, 3.8) is 0 Å². The molecule has 4 nitrogen and oxygen atoms in total. The van der Waals surface area contributed by atoms with E-state index in [0.717, 1.165) is 27.8 Å². The van der Waals surface area contributed by atoms with Crippen molar-refractivity contribution >= 4 is 64.1 Å². The molecule has 56 heavy (non-hydrogen) atoms. The number of benzene rings is 7.